The lowest BCUT2D eigenvalue weighted by Crippen LogP contribution is -2.24. The summed E-state index contributed by atoms with van der Waals surface area (Å²) in [5, 5.41) is 1.20. The van der Waals surface area contributed by atoms with Crippen LogP contribution in [-0.4, -0.2) is 18.6 Å². The largest absolute Gasteiger partial charge is 0.373 e. The van der Waals surface area contributed by atoms with Crippen molar-refractivity contribution in [2.45, 2.75) is 19.3 Å². The minimum absolute atomic E-state index is 0.325. The summed E-state index contributed by atoms with van der Waals surface area (Å²) in [6, 6.07) is 20.8. The predicted molar refractivity (Wildman–Crippen MR) is 94.5 cm³/mol. The third-order valence-corrected chi connectivity index (χ3v) is 4.19. The van der Waals surface area contributed by atoms with E-state index in [4.69, 9.17) is 0 Å². The highest BCUT2D eigenvalue weighted by molar-refractivity contribution is 5.77. The van der Waals surface area contributed by atoms with Crippen molar-refractivity contribution >= 4 is 16.6 Å². The molecule has 2 heteroatoms. The molecule has 2 nitrogen and oxygen atoms in total. The van der Waals surface area contributed by atoms with Gasteiger partial charge in [0, 0.05) is 36.3 Å². The number of likely N-dealkylation sites (N-methyl/N-ethyl adjacent to an activating group) is 1. The molecule has 0 fully saturated rings. The molecule has 3 aromatic rings. The monoisotopic (exact) mass is 290 g/mol. The number of nitrogens with zero attached hydrogens (tertiary/aromatic N) is 2. The number of benzene rings is 2. The van der Waals surface area contributed by atoms with E-state index in [-0.39, 0.29) is 0 Å². The maximum Gasteiger partial charge on any atom is 0.0701 e. The second-order valence-corrected chi connectivity index (χ2v) is 6.45. The third kappa shape index (κ3) is 2.82. The van der Waals surface area contributed by atoms with Gasteiger partial charge in [0.25, 0.3) is 0 Å². The molecular weight excluding hydrogens is 268 g/mol. The average molecular weight is 290 g/mol. The second kappa shape index (κ2) is 5.80. The van der Waals surface area contributed by atoms with Gasteiger partial charge in [0.15, 0.2) is 0 Å². The van der Waals surface area contributed by atoms with Crippen molar-refractivity contribution in [1.29, 1.82) is 0 Å². The van der Waals surface area contributed by atoms with Crippen LogP contribution in [0.5, 0.6) is 0 Å². The minimum atomic E-state index is 0.325. The Labute approximate surface area is 132 Å². The van der Waals surface area contributed by atoms with Crippen LogP contribution < -0.4 is 4.90 Å². The molecule has 0 amide bonds. The zero-order chi connectivity index (χ0) is 15.6. The Morgan fingerprint density at radius 2 is 1.59 bits per heavy atom. The first-order valence-corrected chi connectivity index (χ1v) is 7.68. The van der Waals surface area contributed by atoms with Crippen LogP contribution in [0, 0.1) is 0 Å². The van der Waals surface area contributed by atoms with Crippen LogP contribution in [-0.2, 0) is 5.41 Å². The summed E-state index contributed by atoms with van der Waals surface area (Å²) in [5.41, 5.74) is 4.26. The maximum absolute atomic E-state index is 4.18. The van der Waals surface area contributed by atoms with Crippen LogP contribution in [0.3, 0.4) is 0 Å². The molecule has 2 heterocycles. The van der Waals surface area contributed by atoms with Gasteiger partial charge in [-0.1, -0.05) is 56.3 Å². The van der Waals surface area contributed by atoms with Crippen molar-refractivity contribution in [3.8, 4) is 0 Å². The molecule has 0 aliphatic carbocycles. The fourth-order valence-corrected chi connectivity index (χ4v) is 3.16. The van der Waals surface area contributed by atoms with Crippen molar-refractivity contribution in [3.63, 3.8) is 0 Å². The first kappa shape index (κ1) is 14.6. The van der Waals surface area contributed by atoms with E-state index in [1.54, 1.807) is 0 Å². The molecule has 0 unspecified atom stereocenters. The van der Waals surface area contributed by atoms with Gasteiger partial charge in [-0.05, 0) is 23.8 Å². The van der Waals surface area contributed by atoms with E-state index in [0.717, 1.165) is 12.1 Å². The van der Waals surface area contributed by atoms with E-state index in [0.29, 0.717) is 5.41 Å². The number of hydrogen-bond acceptors (Lipinski definition) is 2. The maximum atomic E-state index is 4.18. The Balaban J connectivity index is 0.000000133. The number of para-hydroxylation sites is 2. The lowest BCUT2D eigenvalue weighted by Gasteiger charge is -2.18. The van der Waals surface area contributed by atoms with Crippen LogP contribution in [0.2, 0.25) is 0 Å². The zero-order valence-electron chi connectivity index (χ0n) is 13.5. The molecule has 0 radical (unpaired) electrons. The normalized spacial score (nSPS) is 15.1. The van der Waals surface area contributed by atoms with Gasteiger partial charge in [-0.25, -0.2) is 0 Å². The average Bonchev–Trinajstić information content (AvgIpc) is 2.78. The van der Waals surface area contributed by atoms with Gasteiger partial charge in [0.05, 0.1) is 5.52 Å². The number of aromatic nitrogens is 1. The van der Waals surface area contributed by atoms with Gasteiger partial charge in [0.2, 0.25) is 0 Å². The van der Waals surface area contributed by atoms with Gasteiger partial charge >= 0.3 is 0 Å². The van der Waals surface area contributed by atoms with E-state index >= 15 is 0 Å². The van der Waals surface area contributed by atoms with Crippen LogP contribution in [0.25, 0.3) is 10.9 Å². The fraction of sp³-hybridized carbons (Fsp3) is 0.250. The molecule has 0 saturated heterocycles. The molecule has 1 aliphatic heterocycles. The van der Waals surface area contributed by atoms with Crippen molar-refractivity contribution in [1.82, 2.24) is 4.98 Å². The molecule has 22 heavy (non-hydrogen) atoms. The Bertz CT molecular complexity index is 712. The predicted octanol–water partition coefficient (Wildman–Crippen LogP) is 4.65. The number of fused-ring (bicyclic) bond motifs is 2. The molecule has 0 saturated carbocycles. The summed E-state index contributed by atoms with van der Waals surface area (Å²) in [7, 11) is 2.16. The van der Waals surface area contributed by atoms with E-state index in [1.165, 1.54) is 16.6 Å². The quantitative estimate of drug-likeness (QED) is 0.599. The van der Waals surface area contributed by atoms with Crippen molar-refractivity contribution in [2.24, 2.45) is 0 Å². The summed E-state index contributed by atoms with van der Waals surface area (Å²) < 4.78 is 0. The smallest absolute Gasteiger partial charge is 0.0701 e. The number of anilines is 1. The zero-order valence-corrected chi connectivity index (χ0v) is 13.5. The topological polar surface area (TPSA) is 16.1 Å². The van der Waals surface area contributed by atoms with Crippen molar-refractivity contribution < 1.29 is 0 Å². The standard InChI is InChI=1S/C11H15N.C9H7N/c1-11(2)8-12(3)10-7-5-4-6-9(10)11;1-2-6-9-8(4-1)5-3-7-10-9/h4-7H,8H2,1-3H3;1-7H. The van der Waals surface area contributed by atoms with Crippen LogP contribution in [0.4, 0.5) is 5.69 Å². The van der Waals surface area contributed by atoms with Gasteiger partial charge in [0.1, 0.15) is 0 Å². The first-order chi connectivity index (χ1) is 10.6. The summed E-state index contributed by atoms with van der Waals surface area (Å²) in [6.07, 6.45) is 1.81. The highest BCUT2D eigenvalue weighted by Gasteiger charge is 2.32. The molecule has 2 aromatic carbocycles. The third-order valence-electron chi connectivity index (χ3n) is 4.19. The van der Waals surface area contributed by atoms with Crippen molar-refractivity contribution in [2.75, 3.05) is 18.5 Å². The lowest BCUT2D eigenvalue weighted by atomic mass is 9.87. The minimum Gasteiger partial charge on any atom is -0.373 e. The molecule has 0 N–H and O–H groups in total. The summed E-state index contributed by atoms with van der Waals surface area (Å²) in [4.78, 5) is 6.51. The molecule has 1 aromatic heterocycles. The van der Waals surface area contributed by atoms with Crippen LogP contribution in [0.1, 0.15) is 19.4 Å². The van der Waals surface area contributed by atoms with E-state index in [1.807, 2.05) is 30.5 Å². The summed E-state index contributed by atoms with van der Waals surface area (Å²) >= 11 is 0. The van der Waals surface area contributed by atoms with Crippen molar-refractivity contribution in [3.05, 3.63) is 72.4 Å². The number of hydrogen-bond donors (Lipinski definition) is 0. The number of pyridine rings is 1. The fourth-order valence-electron chi connectivity index (χ4n) is 3.16. The van der Waals surface area contributed by atoms with Crippen LogP contribution in [0.15, 0.2) is 66.9 Å². The Hall–Kier alpha value is -2.35. The highest BCUT2D eigenvalue weighted by Crippen LogP contribution is 2.38. The summed E-state index contributed by atoms with van der Waals surface area (Å²) in [5.74, 6) is 0. The molecule has 0 bridgehead atoms. The number of rotatable bonds is 0. The van der Waals surface area contributed by atoms with E-state index in [9.17, 15) is 0 Å². The van der Waals surface area contributed by atoms with Crippen LogP contribution >= 0.6 is 0 Å². The molecule has 1 aliphatic rings. The lowest BCUT2D eigenvalue weighted by molar-refractivity contribution is 0.563. The Morgan fingerprint density at radius 1 is 0.909 bits per heavy atom. The molecule has 0 spiro atoms. The van der Waals surface area contributed by atoms with Gasteiger partial charge in [-0.2, -0.15) is 0 Å². The highest BCUT2D eigenvalue weighted by atomic mass is 15.1. The first-order valence-electron chi connectivity index (χ1n) is 7.68. The second-order valence-electron chi connectivity index (χ2n) is 6.45. The Morgan fingerprint density at radius 3 is 2.36 bits per heavy atom. The molecule has 112 valence electrons. The summed E-state index contributed by atoms with van der Waals surface area (Å²) in [6.45, 7) is 5.73. The molecule has 0 atom stereocenters. The molecular formula is C20H22N2. The van der Waals surface area contributed by atoms with E-state index in [2.05, 4.69) is 67.2 Å². The SMILES string of the molecule is CN1CC(C)(C)c2ccccc21.c1ccc2ncccc2c1. The van der Waals surface area contributed by atoms with E-state index < -0.39 is 0 Å². The van der Waals surface area contributed by atoms with Gasteiger partial charge in [-0.15, -0.1) is 0 Å². The molecule has 4 rings (SSSR count). The van der Waals surface area contributed by atoms with Gasteiger partial charge < -0.3 is 4.90 Å². The van der Waals surface area contributed by atoms with Gasteiger partial charge in [-0.3, -0.25) is 4.98 Å². The Kier molecular flexibility index (Phi) is 3.84.